The van der Waals surface area contributed by atoms with Crippen molar-refractivity contribution in [1.29, 1.82) is 0 Å². The minimum Gasteiger partial charge on any atom is -0.379 e. The van der Waals surface area contributed by atoms with Crippen LogP contribution in [-0.2, 0) is 21.3 Å². The minimum absolute atomic E-state index is 0.0600. The van der Waals surface area contributed by atoms with Crippen LogP contribution < -0.4 is 10.2 Å². The summed E-state index contributed by atoms with van der Waals surface area (Å²) in [4.78, 5) is 21.1. The molecule has 3 heterocycles. The van der Waals surface area contributed by atoms with E-state index in [0.717, 1.165) is 50.6 Å². The number of piperazine rings is 1. The summed E-state index contributed by atoms with van der Waals surface area (Å²) in [6.45, 7) is 7.37. The highest BCUT2D eigenvalue weighted by molar-refractivity contribution is 5.98. The fraction of sp³-hybridized carbons (Fsp3) is 0.737. The van der Waals surface area contributed by atoms with Crippen molar-refractivity contribution in [2.75, 3.05) is 57.4 Å². The Labute approximate surface area is 166 Å². The van der Waals surface area contributed by atoms with Crippen LogP contribution in [0.3, 0.4) is 0 Å². The molecule has 0 spiro atoms. The summed E-state index contributed by atoms with van der Waals surface area (Å²) >= 11 is 0. The van der Waals surface area contributed by atoms with Crippen molar-refractivity contribution in [2.24, 2.45) is 12.0 Å². The van der Waals surface area contributed by atoms with E-state index in [9.17, 15) is 4.79 Å². The average molecular weight is 393 g/mol. The topological polar surface area (TPSA) is 84.2 Å². The quantitative estimate of drug-likeness (QED) is 0.397. The number of aromatic nitrogens is 2. The average Bonchev–Trinajstić information content (AvgIpc) is 3.35. The minimum atomic E-state index is 0.0600. The molecule has 1 atom stereocenters. The van der Waals surface area contributed by atoms with Crippen molar-refractivity contribution < 1.29 is 14.3 Å². The van der Waals surface area contributed by atoms with Crippen LogP contribution in [0.1, 0.15) is 26.2 Å². The van der Waals surface area contributed by atoms with E-state index in [2.05, 4.69) is 15.4 Å². The zero-order valence-electron chi connectivity index (χ0n) is 17.0. The molecule has 1 aromatic rings. The second-order valence-corrected chi connectivity index (χ2v) is 7.14. The van der Waals surface area contributed by atoms with Gasteiger partial charge in [0.2, 0.25) is 5.91 Å². The van der Waals surface area contributed by atoms with Crippen LogP contribution in [-0.4, -0.2) is 85.2 Å². The van der Waals surface area contributed by atoms with Gasteiger partial charge in [-0.1, -0.05) is 0 Å². The highest BCUT2D eigenvalue weighted by atomic mass is 16.5. The maximum absolute atomic E-state index is 12.6. The highest BCUT2D eigenvalue weighted by Gasteiger charge is 2.27. The first-order chi connectivity index (χ1) is 13.7. The summed E-state index contributed by atoms with van der Waals surface area (Å²) in [6.07, 6.45) is 6.94. The van der Waals surface area contributed by atoms with E-state index < -0.39 is 0 Å². The van der Waals surface area contributed by atoms with Gasteiger partial charge in [-0.3, -0.25) is 14.5 Å². The van der Waals surface area contributed by atoms with Gasteiger partial charge in [0.05, 0.1) is 24.6 Å². The summed E-state index contributed by atoms with van der Waals surface area (Å²) in [6, 6.07) is 0. The van der Waals surface area contributed by atoms with Crippen molar-refractivity contribution in [3.05, 3.63) is 12.4 Å². The number of ether oxygens (including phenoxy) is 2. The summed E-state index contributed by atoms with van der Waals surface area (Å²) in [5.41, 5.74) is 0.845. The number of amides is 1. The third-order valence-electron chi connectivity index (χ3n) is 4.89. The van der Waals surface area contributed by atoms with Gasteiger partial charge in [-0.25, -0.2) is 0 Å². The second kappa shape index (κ2) is 10.4. The summed E-state index contributed by atoms with van der Waals surface area (Å²) in [7, 11) is 1.85. The van der Waals surface area contributed by atoms with Crippen LogP contribution in [0, 0.1) is 0 Å². The lowest BCUT2D eigenvalue weighted by Gasteiger charge is -2.35. The van der Waals surface area contributed by atoms with Gasteiger partial charge in [0.15, 0.2) is 5.96 Å². The molecule has 0 aromatic carbocycles. The molecule has 3 rings (SSSR count). The standard InChI is InChI=1S/C19H32N6O3/c1-3-20-19(21-7-5-10-27-15-17-6-4-11-28-17)24-8-9-25(18(26)14-24)16-12-22-23(2)13-16/h12-13,17H,3-11,14-15H2,1-2H3,(H,20,21). The number of guanidine groups is 1. The van der Waals surface area contributed by atoms with E-state index in [-0.39, 0.29) is 12.0 Å². The van der Waals surface area contributed by atoms with Crippen LogP contribution in [0.5, 0.6) is 0 Å². The number of nitrogens with zero attached hydrogens (tertiary/aromatic N) is 5. The monoisotopic (exact) mass is 392 g/mol. The molecule has 28 heavy (non-hydrogen) atoms. The van der Waals surface area contributed by atoms with Gasteiger partial charge in [0, 0.05) is 52.6 Å². The second-order valence-electron chi connectivity index (χ2n) is 7.14. The molecule has 9 heteroatoms. The van der Waals surface area contributed by atoms with Crippen LogP contribution in [0.25, 0.3) is 0 Å². The van der Waals surface area contributed by atoms with Crippen molar-refractivity contribution in [2.45, 2.75) is 32.3 Å². The van der Waals surface area contributed by atoms with Gasteiger partial charge in [0.1, 0.15) is 6.54 Å². The van der Waals surface area contributed by atoms with E-state index >= 15 is 0 Å². The van der Waals surface area contributed by atoms with Crippen molar-refractivity contribution in [3.63, 3.8) is 0 Å². The maximum Gasteiger partial charge on any atom is 0.246 e. The Balaban J connectivity index is 1.43. The highest BCUT2D eigenvalue weighted by Crippen LogP contribution is 2.16. The Morgan fingerprint density at radius 2 is 2.36 bits per heavy atom. The lowest BCUT2D eigenvalue weighted by Crippen LogP contribution is -2.55. The van der Waals surface area contributed by atoms with Crippen LogP contribution in [0.15, 0.2) is 17.4 Å². The number of aryl methyl sites for hydroxylation is 1. The van der Waals surface area contributed by atoms with E-state index in [1.54, 1.807) is 15.8 Å². The Morgan fingerprint density at radius 3 is 3.04 bits per heavy atom. The number of hydrogen-bond acceptors (Lipinski definition) is 5. The molecule has 0 aliphatic carbocycles. The molecule has 156 valence electrons. The van der Waals surface area contributed by atoms with E-state index in [0.29, 0.717) is 32.8 Å². The zero-order valence-corrected chi connectivity index (χ0v) is 17.0. The number of rotatable bonds is 8. The third-order valence-corrected chi connectivity index (χ3v) is 4.89. The van der Waals surface area contributed by atoms with Crippen LogP contribution >= 0.6 is 0 Å². The normalized spacial score (nSPS) is 20.9. The maximum atomic E-state index is 12.6. The Kier molecular flexibility index (Phi) is 7.67. The molecular formula is C19H32N6O3. The third kappa shape index (κ3) is 5.68. The van der Waals surface area contributed by atoms with E-state index in [4.69, 9.17) is 9.47 Å². The molecule has 1 aromatic heterocycles. The lowest BCUT2D eigenvalue weighted by atomic mass is 10.2. The Hall–Kier alpha value is -2.13. The summed E-state index contributed by atoms with van der Waals surface area (Å²) < 4.78 is 13.0. The van der Waals surface area contributed by atoms with Gasteiger partial charge >= 0.3 is 0 Å². The van der Waals surface area contributed by atoms with E-state index in [1.807, 2.05) is 25.1 Å². The number of anilines is 1. The smallest absolute Gasteiger partial charge is 0.246 e. The van der Waals surface area contributed by atoms with Gasteiger partial charge in [0.25, 0.3) is 0 Å². The SMILES string of the molecule is CCNC(=NCCCOCC1CCCO1)N1CCN(c2cnn(C)c2)C(=O)C1. The van der Waals surface area contributed by atoms with Gasteiger partial charge in [-0.2, -0.15) is 5.10 Å². The molecule has 2 aliphatic heterocycles. The number of aliphatic imine (C=N–C) groups is 1. The largest absolute Gasteiger partial charge is 0.379 e. The van der Waals surface area contributed by atoms with Crippen molar-refractivity contribution in [3.8, 4) is 0 Å². The van der Waals surface area contributed by atoms with Crippen molar-refractivity contribution in [1.82, 2.24) is 20.0 Å². The molecule has 9 nitrogen and oxygen atoms in total. The number of carbonyl (C=O) groups excluding carboxylic acids is 1. The van der Waals surface area contributed by atoms with Gasteiger partial charge in [-0.05, 0) is 26.2 Å². The molecular weight excluding hydrogens is 360 g/mol. The lowest BCUT2D eigenvalue weighted by molar-refractivity contribution is -0.120. The number of nitrogens with one attached hydrogen (secondary N) is 1. The van der Waals surface area contributed by atoms with Crippen LogP contribution in [0.2, 0.25) is 0 Å². The first-order valence-corrected chi connectivity index (χ1v) is 10.2. The first kappa shape index (κ1) is 20.6. The molecule has 0 saturated carbocycles. The molecule has 2 saturated heterocycles. The summed E-state index contributed by atoms with van der Waals surface area (Å²) in [5, 5.41) is 7.45. The van der Waals surface area contributed by atoms with Gasteiger partial charge in [-0.15, -0.1) is 0 Å². The number of carbonyl (C=O) groups is 1. The molecule has 0 radical (unpaired) electrons. The Morgan fingerprint density at radius 1 is 1.46 bits per heavy atom. The molecule has 1 amide bonds. The zero-order chi connectivity index (χ0) is 19.8. The van der Waals surface area contributed by atoms with E-state index in [1.165, 1.54) is 0 Å². The molecule has 2 fully saturated rings. The number of hydrogen-bond donors (Lipinski definition) is 1. The fourth-order valence-electron chi connectivity index (χ4n) is 3.44. The molecule has 0 bridgehead atoms. The Bertz CT molecular complexity index is 656. The molecule has 1 N–H and O–H groups in total. The van der Waals surface area contributed by atoms with Gasteiger partial charge < -0.3 is 24.6 Å². The molecule has 2 aliphatic rings. The predicted molar refractivity (Wildman–Crippen MR) is 108 cm³/mol. The van der Waals surface area contributed by atoms with Crippen molar-refractivity contribution >= 4 is 17.6 Å². The summed E-state index contributed by atoms with van der Waals surface area (Å²) in [5.74, 6) is 0.852. The fourth-order valence-corrected chi connectivity index (χ4v) is 3.44. The first-order valence-electron chi connectivity index (χ1n) is 10.2. The predicted octanol–water partition coefficient (Wildman–Crippen LogP) is 0.620. The van der Waals surface area contributed by atoms with Crippen LogP contribution in [0.4, 0.5) is 5.69 Å². The molecule has 1 unspecified atom stereocenters.